The maximum Gasteiger partial charge on any atom is 0.338 e. The highest BCUT2D eigenvalue weighted by Crippen LogP contribution is 2.31. The van der Waals surface area contributed by atoms with E-state index in [0.717, 1.165) is 21.8 Å². The van der Waals surface area contributed by atoms with Gasteiger partial charge in [0.2, 0.25) is 10.9 Å². The smallest absolute Gasteiger partial charge is 0.338 e. The molecule has 0 aliphatic carbocycles. The molecule has 0 N–H and O–H groups in total. The Morgan fingerprint density at radius 1 is 0.935 bits per heavy atom. The molecule has 2 amide bonds. The minimum Gasteiger partial charge on any atom is -0.451 e. The molecule has 0 saturated carbocycles. The molecule has 8 nitrogen and oxygen atoms in total. The van der Waals surface area contributed by atoms with Crippen molar-refractivity contribution in [3.63, 3.8) is 0 Å². The van der Waals surface area contributed by atoms with Gasteiger partial charge in [-0.05, 0) is 39.0 Å². The summed E-state index contributed by atoms with van der Waals surface area (Å²) in [6.45, 7) is 5.11. The van der Waals surface area contributed by atoms with E-state index < -0.39 is 23.9 Å². The Bertz CT molecular complexity index is 1230. The van der Waals surface area contributed by atoms with Gasteiger partial charge in [-0.15, -0.1) is 10.2 Å². The highest BCUT2D eigenvalue weighted by atomic mass is 32.1. The number of rotatable bonds is 5. The number of hydrogen-bond acceptors (Lipinski definition) is 8. The van der Waals surface area contributed by atoms with Gasteiger partial charge in [0.25, 0.3) is 11.8 Å². The van der Waals surface area contributed by atoms with Crippen molar-refractivity contribution in [1.82, 2.24) is 10.2 Å². The van der Waals surface area contributed by atoms with Crippen LogP contribution in [0, 0.1) is 13.8 Å². The molecule has 156 valence electrons. The number of Topliss-reactive ketones (excluding diaryl/α,β-unsaturated/α-hetero) is 1. The molecule has 0 saturated heterocycles. The third kappa shape index (κ3) is 3.75. The van der Waals surface area contributed by atoms with Gasteiger partial charge in [0.1, 0.15) is 5.01 Å². The molecule has 0 bridgehead atoms. The molecule has 2 heterocycles. The second-order valence-electron chi connectivity index (χ2n) is 7.09. The zero-order valence-electron chi connectivity index (χ0n) is 16.9. The van der Waals surface area contributed by atoms with Crippen LogP contribution in [0.15, 0.2) is 42.5 Å². The van der Waals surface area contributed by atoms with Gasteiger partial charge in [-0.3, -0.25) is 14.4 Å². The Morgan fingerprint density at radius 3 is 2.23 bits per heavy atom. The third-order valence-corrected chi connectivity index (χ3v) is 5.64. The molecule has 0 fully saturated rings. The van der Waals surface area contributed by atoms with Gasteiger partial charge in [0, 0.05) is 5.56 Å². The molecule has 1 aliphatic rings. The second-order valence-corrected chi connectivity index (χ2v) is 8.25. The lowest BCUT2D eigenvalue weighted by Crippen LogP contribution is -2.29. The van der Waals surface area contributed by atoms with Crippen LogP contribution in [0.5, 0.6) is 0 Å². The van der Waals surface area contributed by atoms with Crippen LogP contribution in [0.4, 0.5) is 5.13 Å². The van der Waals surface area contributed by atoms with E-state index in [9.17, 15) is 19.2 Å². The summed E-state index contributed by atoms with van der Waals surface area (Å²) in [5.41, 5.74) is 1.75. The summed E-state index contributed by atoms with van der Waals surface area (Å²) in [6, 6.07) is 11.0. The number of amides is 2. The Kier molecular flexibility index (Phi) is 5.20. The number of aryl methyl sites for hydroxylation is 2. The van der Waals surface area contributed by atoms with E-state index >= 15 is 0 Å². The fourth-order valence-electron chi connectivity index (χ4n) is 3.15. The number of imide groups is 1. The predicted molar refractivity (Wildman–Crippen MR) is 113 cm³/mol. The van der Waals surface area contributed by atoms with Gasteiger partial charge in [-0.25, -0.2) is 9.69 Å². The van der Waals surface area contributed by atoms with Gasteiger partial charge >= 0.3 is 5.97 Å². The lowest BCUT2D eigenvalue weighted by molar-refractivity contribution is 0.0318. The average molecular weight is 435 g/mol. The molecule has 31 heavy (non-hydrogen) atoms. The number of esters is 1. The minimum absolute atomic E-state index is 0.0683. The van der Waals surface area contributed by atoms with E-state index in [-0.39, 0.29) is 27.6 Å². The zero-order valence-corrected chi connectivity index (χ0v) is 17.7. The number of carbonyl (C=O) groups excluding carboxylic acids is 4. The lowest BCUT2D eigenvalue weighted by atomic mass is 10.0. The molecule has 1 aliphatic heterocycles. The molecule has 1 atom stereocenters. The quantitative estimate of drug-likeness (QED) is 0.343. The second kappa shape index (κ2) is 7.84. The summed E-state index contributed by atoms with van der Waals surface area (Å²) < 4.78 is 5.30. The molecule has 0 spiro atoms. The highest BCUT2D eigenvalue weighted by molar-refractivity contribution is 7.15. The third-order valence-electron chi connectivity index (χ3n) is 4.82. The summed E-state index contributed by atoms with van der Waals surface area (Å²) in [4.78, 5) is 51.4. The summed E-state index contributed by atoms with van der Waals surface area (Å²) >= 11 is 1.12. The van der Waals surface area contributed by atoms with Crippen molar-refractivity contribution in [2.45, 2.75) is 26.9 Å². The maximum absolute atomic E-state index is 12.8. The summed E-state index contributed by atoms with van der Waals surface area (Å²) in [6.07, 6.45) is -1.01. The molecular formula is C22H17N3O5S. The summed E-state index contributed by atoms with van der Waals surface area (Å²) in [7, 11) is 0. The van der Waals surface area contributed by atoms with Crippen molar-refractivity contribution in [3.05, 3.63) is 75.3 Å². The zero-order chi connectivity index (χ0) is 22.3. The molecule has 0 unspecified atom stereocenters. The van der Waals surface area contributed by atoms with Crippen LogP contribution < -0.4 is 4.90 Å². The Morgan fingerprint density at radius 2 is 1.58 bits per heavy atom. The van der Waals surface area contributed by atoms with Crippen LogP contribution in [-0.4, -0.2) is 39.9 Å². The summed E-state index contributed by atoms with van der Waals surface area (Å²) in [5.74, 6) is -2.21. The Labute approximate surface area is 181 Å². The normalized spacial score (nSPS) is 13.8. The number of benzene rings is 2. The minimum atomic E-state index is -1.01. The van der Waals surface area contributed by atoms with Gasteiger partial charge < -0.3 is 4.74 Å². The predicted octanol–water partition coefficient (Wildman–Crippen LogP) is 3.38. The maximum atomic E-state index is 12.8. The Balaban J connectivity index is 1.53. The number of aromatic nitrogens is 2. The molecule has 0 radical (unpaired) electrons. The van der Waals surface area contributed by atoms with Crippen molar-refractivity contribution >= 4 is 40.0 Å². The molecule has 3 aromatic rings. The number of fused-ring (bicyclic) bond motifs is 1. The van der Waals surface area contributed by atoms with Crippen molar-refractivity contribution in [2.24, 2.45) is 0 Å². The first kappa shape index (κ1) is 20.5. The monoisotopic (exact) mass is 435 g/mol. The highest BCUT2D eigenvalue weighted by Gasteiger charge is 2.39. The molecular weight excluding hydrogens is 418 g/mol. The van der Waals surface area contributed by atoms with Gasteiger partial charge in [-0.2, -0.15) is 0 Å². The number of ether oxygens (including phenoxy) is 1. The van der Waals surface area contributed by atoms with Gasteiger partial charge in [0.05, 0.1) is 16.7 Å². The van der Waals surface area contributed by atoms with Crippen LogP contribution in [0.25, 0.3) is 0 Å². The molecule has 9 heteroatoms. The van der Waals surface area contributed by atoms with Crippen LogP contribution in [0.3, 0.4) is 0 Å². The number of carbonyl (C=O) groups is 4. The molecule has 1 aromatic heterocycles. The first-order chi connectivity index (χ1) is 14.8. The van der Waals surface area contributed by atoms with E-state index in [1.807, 2.05) is 6.92 Å². The number of ketones is 1. The van der Waals surface area contributed by atoms with Crippen LogP contribution >= 0.6 is 11.3 Å². The van der Waals surface area contributed by atoms with E-state index in [1.165, 1.54) is 25.1 Å². The van der Waals surface area contributed by atoms with E-state index in [1.54, 1.807) is 31.2 Å². The van der Waals surface area contributed by atoms with Crippen molar-refractivity contribution in [2.75, 3.05) is 4.90 Å². The molecule has 2 aromatic carbocycles. The fraction of sp³-hybridized carbons (Fsp3) is 0.182. The Hall–Kier alpha value is -3.72. The number of nitrogens with zero attached hydrogens (tertiary/aromatic N) is 3. The lowest BCUT2D eigenvalue weighted by Gasteiger charge is -2.13. The number of anilines is 1. The van der Waals surface area contributed by atoms with Crippen molar-refractivity contribution in [3.8, 4) is 0 Å². The largest absolute Gasteiger partial charge is 0.451 e. The van der Waals surface area contributed by atoms with Crippen LogP contribution in [0.1, 0.15) is 58.9 Å². The van der Waals surface area contributed by atoms with Crippen molar-refractivity contribution in [1.29, 1.82) is 0 Å². The van der Waals surface area contributed by atoms with Gasteiger partial charge in [-0.1, -0.05) is 41.2 Å². The van der Waals surface area contributed by atoms with Gasteiger partial charge in [0.15, 0.2) is 6.10 Å². The topological polar surface area (TPSA) is 107 Å². The SMILES string of the molecule is Cc1ccc(C(=O)[C@@H](C)OC(=O)c2ccc3c(c2)C(=O)N(c2nnc(C)s2)C3=O)cc1. The van der Waals surface area contributed by atoms with Crippen molar-refractivity contribution < 1.29 is 23.9 Å². The van der Waals surface area contributed by atoms with E-state index in [2.05, 4.69) is 10.2 Å². The van der Waals surface area contributed by atoms with E-state index in [0.29, 0.717) is 10.6 Å². The average Bonchev–Trinajstić information content (AvgIpc) is 3.28. The first-order valence-corrected chi connectivity index (χ1v) is 10.2. The summed E-state index contributed by atoms with van der Waals surface area (Å²) in [5, 5.41) is 8.48. The van der Waals surface area contributed by atoms with Crippen LogP contribution in [0.2, 0.25) is 0 Å². The van der Waals surface area contributed by atoms with E-state index in [4.69, 9.17) is 4.74 Å². The standard InChI is InChI=1S/C22H17N3O5S/c1-11-4-6-14(7-5-11)18(26)12(2)30-21(29)15-8-9-16-17(10-15)20(28)25(19(16)27)22-24-23-13(3)31-22/h4-10,12H,1-3H3/t12-/m1/s1. The first-order valence-electron chi connectivity index (χ1n) is 9.41. The number of hydrogen-bond donors (Lipinski definition) is 0. The van der Waals surface area contributed by atoms with Crippen LogP contribution in [-0.2, 0) is 4.74 Å². The fourth-order valence-corrected chi connectivity index (χ4v) is 3.84. The molecule has 4 rings (SSSR count).